The molecule has 3 amide bonds. The Morgan fingerprint density at radius 3 is 1.53 bits per heavy atom. The lowest BCUT2D eigenvalue weighted by molar-refractivity contribution is -0.137. The molecule has 6 aromatic rings. The first kappa shape index (κ1) is 39.1. The van der Waals surface area contributed by atoms with E-state index in [0.717, 1.165) is 78.8 Å². The van der Waals surface area contributed by atoms with Crippen molar-refractivity contribution in [3.63, 3.8) is 0 Å². The third-order valence-corrected chi connectivity index (χ3v) is 13.4. The van der Waals surface area contributed by atoms with Crippen molar-refractivity contribution in [1.82, 2.24) is 25.1 Å². The predicted molar refractivity (Wildman–Crippen MR) is 229 cm³/mol. The molecule has 2 aromatic heterocycles. The van der Waals surface area contributed by atoms with Crippen LogP contribution in [0.1, 0.15) is 91.1 Å². The maximum absolute atomic E-state index is 13.9. The highest BCUT2D eigenvalue weighted by Gasteiger charge is 2.38. The van der Waals surface area contributed by atoms with E-state index in [-0.39, 0.29) is 42.0 Å². The van der Waals surface area contributed by atoms with Gasteiger partial charge in [0, 0.05) is 38.8 Å². The summed E-state index contributed by atoms with van der Waals surface area (Å²) in [5.41, 5.74) is 5.97. The van der Waals surface area contributed by atoms with Crippen LogP contribution in [-0.2, 0) is 19.2 Å². The van der Waals surface area contributed by atoms with Crippen LogP contribution in [0.4, 0.5) is 0 Å². The van der Waals surface area contributed by atoms with E-state index in [0.29, 0.717) is 13.1 Å². The molecule has 8 rings (SSSR count). The number of hydrogen-bond donors (Lipinski definition) is 1. The Labute approximate surface area is 346 Å². The highest BCUT2D eigenvalue weighted by Crippen LogP contribution is 2.41. The lowest BCUT2D eigenvalue weighted by atomic mass is 9.92. The second-order valence-electron chi connectivity index (χ2n) is 15.1. The number of benzene rings is 4. The molecule has 4 atom stereocenters. The van der Waals surface area contributed by atoms with E-state index >= 15 is 0 Å². The summed E-state index contributed by atoms with van der Waals surface area (Å²) in [5.74, 6) is -0.847. The second kappa shape index (κ2) is 17.4. The number of rotatable bonds is 12. The van der Waals surface area contributed by atoms with Crippen molar-refractivity contribution >= 4 is 46.2 Å². The molecule has 2 aliphatic heterocycles. The van der Waals surface area contributed by atoms with Gasteiger partial charge in [0.25, 0.3) is 0 Å². The maximum atomic E-state index is 13.9. The number of nitrogens with one attached hydrogen (secondary N) is 1. The predicted octanol–water partition coefficient (Wildman–Crippen LogP) is 9.57. The van der Waals surface area contributed by atoms with Crippen molar-refractivity contribution in [3.8, 4) is 32.0 Å². The van der Waals surface area contributed by atoms with Crippen LogP contribution in [0.25, 0.3) is 32.0 Å². The summed E-state index contributed by atoms with van der Waals surface area (Å²) in [6.45, 7) is 4.27. The number of nitrogens with zero attached hydrogens (tertiary/aromatic N) is 4. The minimum absolute atomic E-state index is 0.00351. The van der Waals surface area contributed by atoms with Crippen LogP contribution in [-0.4, -0.2) is 56.4 Å². The molecule has 2 fully saturated rings. The van der Waals surface area contributed by atoms with Gasteiger partial charge in [0.05, 0.1) is 27.8 Å². The summed E-state index contributed by atoms with van der Waals surface area (Å²) < 4.78 is 0. The monoisotopic (exact) mass is 807 g/mol. The van der Waals surface area contributed by atoms with Gasteiger partial charge in [-0.1, -0.05) is 109 Å². The summed E-state index contributed by atoms with van der Waals surface area (Å²) in [4.78, 5) is 67.5. The van der Waals surface area contributed by atoms with Gasteiger partial charge in [0.2, 0.25) is 17.7 Å². The standard InChI is InChI=1S/C47H45N5O4S2/c1-30(53)27-38(34-11-5-3-6-12-34)46(55)51-25-9-15-39(51)44-48-28-41(57-44)35-21-17-32(18-22-35)33-19-23-36(24-20-33)42-29-49-45(58-42)40-16-10-26-52(40)47(56)43(50-31(2)54)37-13-7-4-8-14-37/h3-8,11-14,17-24,28-29,38-40,43H,9-10,15-16,25-27H2,1-2H3,(H,50,54)/t38-,39+,40+,43-/m1/s1. The van der Waals surface area contributed by atoms with Crippen molar-refractivity contribution in [2.45, 2.75) is 70.0 Å². The molecule has 0 bridgehead atoms. The fourth-order valence-electron chi connectivity index (χ4n) is 8.20. The number of hydrogen-bond acceptors (Lipinski definition) is 8. The van der Waals surface area contributed by atoms with Gasteiger partial charge < -0.3 is 15.1 Å². The molecule has 294 valence electrons. The highest BCUT2D eigenvalue weighted by molar-refractivity contribution is 7.15. The maximum Gasteiger partial charge on any atom is 0.250 e. The summed E-state index contributed by atoms with van der Waals surface area (Å²) >= 11 is 3.24. The topological polar surface area (TPSA) is 113 Å². The molecule has 4 aromatic carbocycles. The van der Waals surface area contributed by atoms with Crippen LogP contribution in [0.3, 0.4) is 0 Å². The van der Waals surface area contributed by atoms with Crippen LogP contribution in [0.5, 0.6) is 0 Å². The Kier molecular flexibility index (Phi) is 11.7. The lowest BCUT2D eigenvalue weighted by Gasteiger charge is -2.28. The Hall–Kier alpha value is -5.78. The van der Waals surface area contributed by atoms with Gasteiger partial charge in [-0.25, -0.2) is 9.97 Å². The Balaban J connectivity index is 0.929. The summed E-state index contributed by atoms with van der Waals surface area (Å²) in [7, 11) is 0. The van der Waals surface area contributed by atoms with Gasteiger partial charge >= 0.3 is 0 Å². The first-order valence-corrected chi connectivity index (χ1v) is 21.5. The summed E-state index contributed by atoms with van der Waals surface area (Å²) in [6, 6.07) is 35.0. The molecule has 0 spiro atoms. The Morgan fingerprint density at radius 1 is 0.621 bits per heavy atom. The number of amides is 3. The van der Waals surface area contributed by atoms with Crippen LogP contribution in [0, 0.1) is 0 Å². The van der Waals surface area contributed by atoms with Crippen LogP contribution < -0.4 is 5.32 Å². The van der Waals surface area contributed by atoms with Crippen LogP contribution in [0.15, 0.2) is 122 Å². The van der Waals surface area contributed by atoms with Gasteiger partial charge in [-0.2, -0.15) is 0 Å². The average Bonchev–Trinajstić information content (AvgIpc) is 4.09. The molecule has 11 heteroatoms. The zero-order chi connectivity index (χ0) is 40.2. The van der Waals surface area contributed by atoms with Gasteiger partial charge in [0.1, 0.15) is 21.8 Å². The highest BCUT2D eigenvalue weighted by atomic mass is 32.1. The molecule has 4 heterocycles. The molecule has 0 radical (unpaired) electrons. The average molecular weight is 808 g/mol. The first-order chi connectivity index (χ1) is 28.2. The fourth-order valence-corrected chi connectivity index (χ4v) is 10.3. The van der Waals surface area contributed by atoms with Crippen molar-refractivity contribution in [3.05, 3.63) is 143 Å². The van der Waals surface area contributed by atoms with Gasteiger partial charge in [0.15, 0.2) is 0 Å². The van der Waals surface area contributed by atoms with Gasteiger partial charge in [-0.3, -0.25) is 19.2 Å². The fraction of sp³-hybridized carbons (Fsp3) is 0.277. The zero-order valence-electron chi connectivity index (χ0n) is 32.5. The van der Waals surface area contributed by atoms with Gasteiger partial charge in [-0.05, 0) is 66.0 Å². The van der Waals surface area contributed by atoms with Crippen molar-refractivity contribution in [2.24, 2.45) is 0 Å². The number of thiazole rings is 2. The molecular formula is C47H45N5O4S2. The van der Waals surface area contributed by atoms with Crippen LogP contribution in [0.2, 0.25) is 0 Å². The van der Waals surface area contributed by atoms with E-state index in [1.807, 2.05) is 82.9 Å². The smallest absolute Gasteiger partial charge is 0.250 e. The number of likely N-dealkylation sites (tertiary alicyclic amines) is 2. The van der Waals surface area contributed by atoms with Crippen molar-refractivity contribution < 1.29 is 19.2 Å². The number of aromatic nitrogens is 2. The third kappa shape index (κ3) is 8.42. The van der Waals surface area contributed by atoms with Crippen molar-refractivity contribution in [2.75, 3.05) is 13.1 Å². The van der Waals surface area contributed by atoms with E-state index in [4.69, 9.17) is 9.97 Å². The van der Waals surface area contributed by atoms with Crippen LogP contribution >= 0.6 is 22.7 Å². The molecule has 0 unspecified atom stereocenters. The molecule has 0 saturated carbocycles. The van der Waals surface area contributed by atoms with E-state index in [2.05, 4.69) is 53.8 Å². The molecular weight excluding hydrogens is 763 g/mol. The Morgan fingerprint density at radius 2 is 1.07 bits per heavy atom. The molecule has 9 nitrogen and oxygen atoms in total. The molecule has 58 heavy (non-hydrogen) atoms. The normalized spacial score (nSPS) is 17.6. The van der Waals surface area contributed by atoms with E-state index in [1.54, 1.807) is 29.6 Å². The van der Waals surface area contributed by atoms with E-state index in [1.165, 1.54) is 6.92 Å². The molecule has 2 aliphatic rings. The molecule has 0 aliphatic carbocycles. The number of Topliss-reactive ketones (excluding diaryl/α,β-unsaturated/α-hetero) is 1. The minimum Gasteiger partial charge on any atom is -0.341 e. The van der Waals surface area contributed by atoms with E-state index < -0.39 is 12.0 Å². The number of ketones is 1. The first-order valence-electron chi connectivity index (χ1n) is 19.8. The molecule has 2 saturated heterocycles. The van der Waals surface area contributed by atoms with Gasteiger partial charge in [-0.15, -0.1) is 22.7 Å². The number of carbonyl (C=O) groups excluding carboxylic acids is 4. The Bertz CT molecular complexity index is 2230. The zero-order valence-corrected chi connectivity index (χ0v) is 34.2. The SMILES string of the molecule is CC(=O)C[C@@H](C(=O)N1CCC[C@H]1c1ncc(-c2ccc(-c3ccc(-c4cnc([C@@H]5CCCN5C(=O)[C@H](NC(C)=O)c5ccccc5)s4)cc3)cc2)s1)c1ccccc1. The largest absolute Gasteiger partial charge is 0.341 e. The third-order valence-electron chi connectivity index (χ3n) is 11.1. The minimum atomic E-state index is -0.738. The quantitative estimate of drug-likeness (QED) is 0.132. The molecule has 1 N–H and O–H groups in total. The second-order valence-corrected chi connectivity index (χ2v) is 17.2. The summed E-state index contributed by atoms with van der Waals surface area (Å²) in [5, 5.41) is 4.69. The number of carbonyl (C=O) groups is 4. The van der Waals surface area contributed by atoms with Crippen molar-refractivity contribution in [1.29, 1.82) is 0 Å². The lowest BCUT2D eigenvalue weighted by Crippen LogP contribution is -2.42. The summed E-state index contributed by atoms with van der Waals surface area (Å²) in [6.07, 6.45) is 7.46. The van der Waals surface area contributed by atoms with E-state index in [9.17, 15) is 19.2 Å².